The molecule has 2 rings (SSSR count). The van der Waals surface area contributed by atoms with Crippen molar-refractivity contribution in [2.24, 2.45) is 11.7 Å². The average molecular weight is 412 g/mol. The maximum atomic E-state index is 12.2. The first-order chi connectivity index (χ1) is 8.49. The van der Waals surface area contributed by atoms with Gasteiger partial charge in [0.05, 0.1) is 18.1 Å². The van der Waals surface area contributed by atoms with Gasteiger partial charge in [-0.05, 0) is 50.8 Å². The number of rotatable bonds is 3. The van der Waals surface area contributed by atoms with Gasteiger partial charge in [0, 0.05) is 12.0 Å². The topological polar surface area (TPSA) is 55.1 Å². The van der Waals surface area contributed by atoms with Crippen molar-refractivity contribution in [2.45, 2.75) is 25.3 Å². The van der Waals surface area contributed by atoms with Gasteiger partial charge in [-0.1, -0.05) is 18.6 Å². The molecule has 3 nitrogen and oxygen atoms in total. The largest absolute Gasteiger partial charge is 0.393 e. The molecular formula is C11H12Br2N2OS2. The van der Waals surface area contributed by atoms with Crippen LogP contribution in [0.1, 0.15) is 29.6 Å². The Kier molecular flexibility index (Phi) is 4.80. The van der Waals surface area contributed by atoms with E-state index in [1.54, 1.807) is 0 Å². The summed E-state index contributed by atoms with van der Waals surface area (Å²) in [6.45, 7) is 0. The zero-order chi connectivity index (χ0) is 13.3. The van der Waals surface area contributed by atoms with Crippen molar-refractivity contribution < 1.29 is 4.79 Å². The molecule has 0 spiro atoms. The highest BCUT2D eigenvalue weighted by atomic mass is 79.9. The Morgan fingerprint density at radius 2 is 2.22 bits per heavy atom. The van der Waals surface area contributed by atoms with E-state index >= 15 is 0 Å². The third-order valence-electron chi connectivity index (χ3n) is 3.10. The Balaban J connectivity index is 2.07. The van der Waals surface area contributed by atoms with E-state index in [1.165, 1.54) is 11.3 Å². The molecule has 18 heavy (non-hydrogen) atoms. The van der Waals surface area contributed by atoms with Gasteiger partial charge in [0.2, 0.25) is 0 Å². The maximum absolute atomic E-state index is 12.2. The second kappa shape index (κ2) is 5.98. The van der Waals surface area contributed by atoms with Gasteiger partial charge in [0.15, 0.2) is 0 Å². The lowest BCUT2D eigenvalue weighted by atomic mass is 10.0. The Morgan fingerprint density at radius 3 is 2.78 bits per heavy atom. The fourth-order valence-electron chi connectivity index (χ4n) is 2.21. The molecule has 0 bridgehead atoms. The molecule has 1 aliphatic rings. The number of thiophene rings is 1. The fraction of sp³-hybridized carbons (Fsp3) is 0.455. The second-order valence-electron chi connectivity index (χ2n) is 4.26. The van der Waals surface area contributed by atoms with Crippen molar-refractivity contribution >= 4 is 66.3 Å². The zero-order valence-corrected chi connectivity index (χ0v) is 14.2. The Morgan fingerprint density at radius 1 is 1.50 bits per heavy atom. The van der Waals surface area contributed by atoms with Gasteiger partial charge < -0.3 is 11.1 Å². The Bertz CT molecular complexity index is 489. The molecule has 1 saturated carbocycles. The molecule has 0 aromatic carbocycles. The van der Waals surface area contributed by atoms with Crippen molar-refractivity contribution in [3.63, 3.8) is 0 Å². The third kappa shape index (κ3) is 3.12. The predicted molar refractivity (Wildman–Crippen MR) is 85.1 cm³/mol. The van der Waals surface area contributed by atoms with E-state index in [1.807, 2.05) is 6.07 Å². The lowest BCUT2D eigenvalue weighted by molar-refractivity contribution is 0.0933. The minimum Gasteiger partial charge on any atom is -0.393 e. The van der Waals surface area contributed by atoms with Crippen molar-refractivity contribution in [1.29, 1.82) is 0 Å². The molecule has 2 atom stereocenters. The van der Waals surface area contributed by atoms with Crippen molar-refractivity contribution in [2.75, 3.05) is 0 Å². The van der Waals surface area contributed by atoms with Crippen LogP contribution in [0.25, 0.3) is 0 Å². The van der Waals surface area contributed by atoms with Gasteiger partial charge in [-0.2, -0.15) is 0 Å². The standard InChI is InChI=1S/C11H12Br2N2OS2/c12-8-4-6(9(13)18-8)11(16)15-7-3-1-2-5(7)10(14)17/h4-5,7H,1-3H2,(H2,14,17)(H,15,16). The monoisotopic (exact) mass is 410 g/mol. The number of hydrogen-bond donors (Lipinski definition) is 2. The van der Waals surface area contributed by atoms with Crippen LogP contribution in [0.5, 0.6) is 0 Å². The highest BCUT2D eigenvalue weighted by Gasteiger charge is 2.31. The number of halogens is 2. The number of nitrogens with one attached hydrogen (secondary N) is 1. The number of amides is 1. The SMILES string of the molecule is NC(=S)C1CCCC1NC(=O)c1cc(Br)sc1Br. The van der Waals surface area contributed by atoms with Crippen LogP contribution in [0, 0.1) is 5.92 Å². The average Bonchev–Trinajstić information content (AvgIpc) is 2.85. The Hall–Kier alpha value is 0.0200. The van der Waals surface area contributed by atoms with Crippen LogP contribution in [0.4, 0.5) is 0 Å². The first-order valence-corrected chi connectivity index (χ1v) is 8.35. The maximum Gasteiger partial charge on any atom is 0.253 e. The first kappa shape index (κ1) is 14.4. The van der Waals surface area contributed by atoms with Gasteiger partial charge in [-0.15, -0.1) is 11.3 Å². The molecule has 0 aliphatic heterocycles. The van der Waals surface area contributed by atoms with Crippen LogP contribution in [0.15, 0.2) is 13.6 Å². The third-order valence-corrected chi connectivity index (χ3v) is 5.74. The molecular weight excluding hydrogens is 400 g/mol. The summed E-state index contributed by atoms with van der Waals surface area (Å²) >= 11 is 13.3. The van der Waals surface area contributed by atoms with Crippen LogP contribution in [-0.4, -0.2) is 16.9 Å². The highest BCUT2D eigenvalue weighted by molar-refractivity contribution is 9.12. The van der Waals surface area contributed by atoms with E-state index in [4.69, 9.17) is 18.0 Å². The minimum atomic E-state index is -0.0722. The molecule has 1 heterocycles. The smallest absolute Gasteiger partial charge is 0.253 e. The van der Waals surface area contributed by atoms with Gasteiger partial charge in [-0.3, -0.25) is 4.79 Å². The quantitative estimate of drug-likeness (QED) is 0.748. The molecule has 3 N–H and O–H groups in total. The normalized spacial score (nSPS) is 23.0. The number of hydrogen-bond acceptors (Lipinski definition) is 3. The van der Waals surface area contributed by atoms with E-state index in [0.29, 0.717) is 10.6 Å². The van der Waals surface area contributed by atoms with Crippen molar-refractivity contribution in [3.8, 4) is 0 Å². The van der Waals surface area contributed by atoms with Gasteiger partial charge in [0.25, 0.3) is 5.91 Å². The van der Waals surface area contributed by atoms with Crippen LogP contribution in [0.2, 0.25) is 0 Å². The van der Waals surface area contributed by atoms with Crippen LogP contribution in [0.3, 0.4) is 0 Å². The summed E-state index contributed by atoms with van der Waals surface area (Å²) in [5.74, 6) is 0.0572. The van der Waals surface area contributed by atoms with Crippen molar-refractivity contribution in [3.05, 3.63) is 19.2 Å². The summed E-state index contributed by atoms with van der Waals surface area (Å²) in [4.78, 5) is 12.7. The second-order valence-corrected chi connectivity index (χ2v) is 8.48. The van der Waals surface area contributed by atoms with E-state index < -0.39 is 0 Å². The number of thiocarbonyl (C=S) groups is 1. The molecule has 98 valence electrons. The van der Waals surface area contributed by atoms with Gasteiger partial charge in [-0.25, -0.2) is 0 Å². The molecule has 1 aromatic heterocycles. The molecule has 0 radical (unpaired) electrons. The molecule has 7 heteroatoms. The molecule has 0 saturated heterocycles. The minimum absolute atomic E-state index is 0.0700. The summed E-state index contributed by atoms with van der Waals surface area (Å²) in [6, 6.07) is 1.88. The van der Waals surface area contributed by atoms with E-state index in [0.717, 1.165) is 26.8 Å². The molecule has 1 aliphatic carbocycles. The summed E-state index contributed by atoms with van der Waals surface area (Å²) in [6.07, 6.45) is 2.97. The van der Waals surface area contributed by atoms with E-state index in [-0.39, 0.29) is 17.9 Å². The number of carbonyl (C=O) groups is 1. The predicted octanol–water partition coefficient (Wildman–Crippen LogP) is 3.46. The van der Waals surface area contributed by atoms with Crippen LogP contribution < -0.4 is 11.1 Å². The lowest BCUT2D eigenvalue weighted by Gasteiger charge is -2.19. The van der Waals surface area contributed by atoms with E-state index in [9.17, 15) is 4.79 Å². The van der Waals surface area contributed by atoms with E-state index in [2.05, 4.69) is 37.2 Å². The van der Waals surface area contributed by atoms with Gasteiger partial charge in [0.1, 0.15) is 0 Å². The molecule has 1 aromatic rings. The summed E-state index contributed by atoms with van der Waals surface area (Å²) in [7, 11) is 0. The molecule has 1 amide bonds. The zero-order valence-electron chi connectivity index (χ0n) is 9.41. The van der Waals surface area contributed by atoms with Crippen LogP contribution in [-0.2, 0) is 0 Å². The lowest BCUT2D eigenvalue weighted by Crippen LogP contribution is -2.41. The number of carbonyl (C=O) groups excluding carboxylic acids is 1. The molecule has 1 fully saturated rings. The first-order valence-electron chi connectivity index (χ1n) is 5.54. The summed E-state index contributed by atoms with van der Waals surface area (Å²) in [5.41, 5.74) is 6.36. The molecule has 2 unspecified atom stereocenters. The van der Waals surface area contributed by atoms with Crippen LogP contribution >= 0.6 is 55.4 Å². The highest BCUT2D eigenvalue weighted by Crippen LogP contribution is 2.32. The summed E-state index contributed by atoms with van der Waals surface area (Å²) < 4.78 is 1.76. The van der Waals surface area contributed by atoms with Gasteiger partial charge >= 0.3 is 0 Å². The Labute approximate surface area is 132 Å². The summed E-state index contributed by atoms with van der Waals surface area (Å²) in [5, 5.41) is 3.03. The number of nitrogens with two attached hydrogens (primary N) is 1. The van der Waals surface area contributed by atoms with Crippen molar-refractivity contribution in [1.82, 2.24) is 5.32 Å². The fourth-order valence-corrected chi connectivity index (χ4v) is 5.29.